The van der Waals surface area contributed by atoms with E-state index in [9.17, 15) is 5.11 Å². The van der Waals surface area contributed by atoms with Crippen molar-refractivity contribution >= 4 is 0 Å². The molecule has 0 saturated carbocycles. The maximum Gasteiger partial charge on any atom is 0.0746 e. The fourth-order valence-corrected chi connectivity index (χ4v) is 2.12. The minimum absolute atomic E-state index is 0.448. The lowest BCUT2D eigenvalue weighted by Gasteiger charge is -2.36. The van der Waals surface area contributed by atoms with Crippen molar-refractivity contribution in [2.75, 3.05) is 40.3 Å². The number of nitrogens with zero attached hydrogens (tertiary/aromatic N) is 2. The standard InChI is InChI=1S/C11H24N2O/c1-11(14)6-4-8-13(10-11)9-5-7-12(2)3/h14H,4-10H2,1-3H3. The number of likely N-dealkylation sites (tertiary alicyclic amines) is 1. The molecular weight excluding hydrogens is 176 g/mol. The highest BCUT2D eigenvalue weighted by Gasteiger charge is 2.27. The Balaban J connectivity index is 2.18. The van der Waals surface area contributed by atoms with E-state index in [1.54, 1.807) is 0 Å². The summed E-state index contributed by atoms with van der Waals surface area (Å²) in [7, 11) is 4.21. The summed E-state index contributed by atoms with van der Waals surface area (Å²) in [6.07, 6.45) is 3.29. The molecule has 1 unspecified atom stereocenters. The van der Waals surface area contributed by atoms with E-state index in [0.717, 1.165) is 39.0 Å². The minimum Gasteiger partial charge on any atom is -0.389 e. The average molecular weight is 200 g/mol. The molecular formula is C11H24N2O. The van der Waals surface area contributed by atoms with Crippen molar-refractivity contribution in [2.24, 2.45) is 0 Å². The van der Waals surface area contributed by atoms with Crippen molar-refractivity contribution in [3.63, 3.8) is 0 Å². The van der Waals surface area contributed by atoms with Crippen molar-refractivity contribution in [2.45, 2.75) is 31.8 Å². The Kier molecular flexibility index (Phi) is 4.35. The number of hydrogen-bond donors (Lipinski definition) is 1. The van der Waals surface area contributed by atoms with Crippen molar-refractivity contribution in [3.8, 4) is 0 Å². The zero-order chi connectivity index (χ0) is 10.6. The smallest absolute Gasteiger partial charge is 0.0746 e. The van der Waals surface area contributed by atoms with Gasteiger partial charge in [-0.05, 0) is 59.9 Å². The number of rotatable bonds is 4. The highest BCUT2D eigenvalue weighted by atomic mass is 16.3. The SMILES string of the molecule is CN(C)CCCN1CCCC(C)(O)C1. The van der Waals surface area contributed by atoms with E-state index < -0.39 is 5.60 Å². The van der Waals surface area contributed by atoms with Gasteiger partial charge in [-0.25, -0.2) is 0 Å². The molecule has 1 rings (SSSR count). The molecule has 1 aliphatic heterocycles. The summed E-state index contributed by atoms with van der Waals surface area (Å²) in [5.74, 6) is 0. The molecule has 1 atom stereocenters. The van der Waals surface area contributed by atoms with Gasteiger partial charge in [-0.1, -0.05) is 0 Å². The van der Waals surface area contributed by atoms with Gasteiger partial charge in [0.05, 0.1) is 5.60 Å². The third-order valence-corrected chi connectivity index (χ3v) is 2.83. The van der Waals surface area contributed by atoms with E-state index in [2.05, 4.69) is 23.9 Å². The molecule has 3 heteroatoms. The van der Waals surface area contributed by atoms with E-state index >= 15 is 0 Å². The predicted molar refractivity (Wildman–Crippen MR) is 59.5 cm³/mol. The zero-order valence-corrected chi connectivity index (χ0v) is 9.79. The third-order valence-electron chi connectivity index (χ3n) is 2.83. The molecule has 1 N–H and O–H groups in total. The molecule has 0 aliphatic carbocycles. The van der Waals surface area contributed by atoms with Gasteiger partial charge in [0.25, 0.3) is 0 Å². The molecule has 0 amide bonds. The summed E-state index contributed by atoms with van der Waals surface area (Å²) >= 11 is 0. The van der Waals surface area contributed by atoms with Crippen LogP contribution in [0.4, 0.5) is 0 Å². The van der Waals surface area contributed by atoms with Gasteiger partial charge in [-0.15, -0.1) is 0 Å². The maximum atomic E-state index is 9.90. The summed E-state index contributed by atoms with van der Waals surface area (Å²) in [5, 5.41) is 9.90. The summed E-state index contributed by atoms with van der Waals surface area (Å²) in [5.41, 5.74) is -0.448. The molecule has 1 fully saturated rings. The van der Waals surface area contributed by atoms with Gasteiger partial charge >= 0.3 is 0 Å². The monoisotopic (exact) mass is 200 g/mol. The first-order valence-corrected chi connectivity index (χ1v) is 5.59. The Bertz CT molecular complexity index is 169. The van der Waals surface area contributed by atoms with Crippen LogP contribution in [0.15, 0.2) is 0 Å². The van der Waals surface area contributed by atoms with Crippen LogP contribution in [-0.4, -0.2) is 60.8 Å². The Labute approximate surface area is 87.7 Å². The van der Waals surface area contributed by atoms with Crippen LogP contribution in [0.1, 0.15) is 26.2 Å². The maximum absolute atomic E-state index is 9.90. The predicted octanol–water partition coefficient (Wildman–Crippen LogP) is 0.785. The summed E-state index contributed by atoms with van der Waals surface area (Å²) in [6.45, 7) is 6.21. The number of hydrogen-bond acceptors (Lipinski definition) is 3. The first kappa shape index (κ1) is 12.0. The second-order valence-electron chi connectivity index (χ2n) is 5.03. The van der Waals surface area contributed by atoms with Gasteiger partial charge in [0.15, 0.2) is 0 Å². The van der Waals surface area contributed by atoms with E-state index in [1.165, 1.54) is 6.42 Å². The lowest BCUT2D eigenvalue weighted by Crippen LogP contribution is -2.46. The van der Waals surface area contributed by atoms with Gasteiger partial charge in [0.2, 0.25) is 0 Å². The normalized spacial score (nSPS) is 29.8. The first-order chi connectivity index (χ1) is 6.49. The molecule has 3 nitrogen and oxygen atoms in total. The highest BCUT2D eigenvalue weighted by molar-refractivity contribution is 4.82. The van der Waals surface area contributed by atoms with Gasteiger partial charge in [-0.2, -0.15) is 0 Å². The quantitative estimate of drug-likeness (QED) is 0.726. The lowest BCUT2D eigenvalue weighted by atomic mass is 9.95. The molecule has 14 heavy (non-hydrogen) atoms. The van der Waals surface area contributed by atoms with Crippen LogP contribution < -0.4 is 0 Å². The van der Waals surface area contributed by atoms with Crippen LogP contribution in [0.2, 0.25) is 0 Å². The van der Waals surface area contributed by atoms with Gasteiger partial charge < -0.3 is 14.9 Å². The summed E-state index contributed by atoms with van der Waals surface area (Å²) in [4.78, 5) is 4.59. The second kappa shape index (κ2) is 5.10. The van der Waals surface area contributed by atoms with Crippen LogP contribution in [0, 0.1) is 0 Å². The van der Waals surface area contributed by atoms with Crippen LogP contribution in [0.25, 0.3) is 0 Å². The molecule has 84 valence electrons. The van der Waals surface area contributed by atoms with Crippen molar-refractivity contribution in [1.82, 2.24) is 9.80 Å². The molecule has 0 bridgehead atoms. The molecule has 0 aromatic carbocycles. The van der Waals surface area contributed by atoms with Gasteiger partial charge in [-0.3, -0.25) is 0 Å². The lowest BCUT2D eigenvalue weighted by molar-refractivity contribution is -0.0160. The molecule has 1 heterocycles. The van der Waals surface area contributed by atoms with Crippen molar-refractivity contribution in [3.05, 3.63) is 0 Å². The first-order valence-electron chi connectivity index (χ1n) is 5.59. The number of piperidine rings is 1. The molecule has 1 aliphatic rings. The summed E-state index contributed by atoms with van der Waals surface area (Å²) < 4.78 is 0. The summed E-state index contributed by atoms with van der Waals surface area (Å²) in [6, 6.07) is 0. The van der Waals surface area contributed by atoms with E-state index in [-0.39, 0.29) is 0 Å². The van der Waals surface area contributed by atoms with Crippen molar-refractivity contribution in [1.29, 1.82) is 0 Å². The fourth-order valence-electron chi connectivity index (χ4n) is 2.12. The van der Waals surface area contributed by atoms with E-state index in [1.807, 2.05) is 6.92 Å². The molecule has 1 saturated heterocycles. The van der Waals surface area contributed by atoms with Gasteiger partial charge in [0, 0.05) is 6.54 Å². The van der Waals surface area contributed by atoms with E-state index in [4.69, 9.17) is 0 Å². The van der Waals surface area contributed by atoms with Crippen LogP contribution in [-0.2, 0) is 0 Å². The molecule has 0 radical (unpaired) electrons. The Morgan fingerprint density at radius 3 is 2.71 bits per heavy atom. The molecule has 0 spiro atoms. The Hall–Kier alpha value is -0.120. The Morgan fingerprint density at radius 1 is 1.43 bits per heavy atom. The van der Waals surface area contributed by atoms with Gasteiger partial charge in [0.1, 0.15) is 0 Å². The van der Waals surface area contributed by atoms with Crippen molar-refractivity contribution < 1.29 is 5.11 Å². The second-order valence-corrected chi connectivity index (χ2v) is 5.03. The molecule has 0 aromatic rings. The average Bonchev–Trinajstić information content (AvgIpc) is 2.01. The van der Waals surface area contributed by atoms with Crippen LogP contribution in [0.3, 0.4) is 0 Å². The Morgan fingerprint density at radius 2 is 2.14 bits per heavy atom. The number of aliphatic hydroxyl groups is 1. The highest BCUT2D eigenvalue weighted by Crippen LogP contribution is 2.19. The minimum atomic E-state index is -0.448. The third kappa shape index (κ3) is 4.40. The fraction of sp³-hybridized carbons (Fsp3) is 1.00. The zero-order valence-electron chi connectivity index (χ0n) is 9.79. The van der Waals surface area contributed by atoms with E-state index in [0.29, 0.717) is 0 Å². The van der Waals surface area contributed by atoms with Crippen LogP contribution >= 0.6 is 0 Å². The number of β-amino-alcohol motifs (C(OH)–C–C–N with tert-alkyl or cyclic N) is 1. The van der Waals surface area contributed by atoms with Crippen LogP contribution in [0.5, 0.6) is 0 Å². The topological polar surface area (TPSA) is 26.7 Å². The molecule has 0 aromatic heterocycles. The largest absolute Gasteiger partial charge is 0.389 e.